The molecule has 2 rings (SSSR count). The van der Waals surface area contributed by atoms with Gasteiger partial charge in [0.25, 0.3) is 0 Å². The number of likely N-dealkylation sites (tertiary alicyclic amines) is 1. The zero-order chi connectivity index (χ0) is 15.6. The summed E-state index contributed by atoms with van der Waals surface area (Å²) in [5, 5.41) is 2.97. The SMILES string of the molecule is O=C(Nc1cccc(Cl)c1)[C@H]1CC(=O)N(CC(F)(F)F)C1. The lowest BCUT2D eigenvalue weighted by atomic mass is 10.1. The van der Waals surface area contributed by atoms with Gasteiger partial charge in [-0.25, -0.2) is 0 Å². The van der Waals surface area contributed by atoms with Crippen molar-refractivity contribution in [3.05, 3.63) is 29.3 Å². The number of halogens is 4. The van der Waals surface area contributed by atoms with Gasteiger partial charge in [-0.1, -0.05) is 17.7 Å². The predicted octanol–water partition coefficient (Wildman–Crippen LogP) is 2.69. The van der Waals surface area contributed by atoms with Crippen molar-refractivity contribution in [3.63, 3.8) is 0 Å². The number of alkyl halides is 3. The van der Waals surface area contributed by atoms with E-state index < -0.39 is 30.5 Å². The van der Waals surface area contributed by atoms with Crippen molar-refractivity contribution in [2.75, 3.05) is 18.4 Å². The molecule has 8 heteroatoms. The Bertz CT molecular complexity index is 563. The van der Waals surface area contributed by atoms with Crippen LogP contribution >= 0.6 is 11.6 Å². The minimum absolute atomic E-state index is 0.220. The van der Waals surface area contributed by atoms with E-state index in [2.05, 4.69) is 5.32 Å². The summed E-state index contributed by atoms with van der Waals surface area (Å²) in [7, 11) is 0. The van der Waals surface area contributed by atoms with Crippen molar-refractivity contribution in [2.24, 2.45) is 5.92 Å². The summed E-state index contributed by atoms with van der Waals surface area (Å²) in [6.07, 6.45) is -4.68. The summed E-state index contributed by atoms with van der Waals surface area (Å²) in [5.74, 6) is -1.95. The molecule has 114 valence electrons. The smallest absolute Gasteiger partial charge is 0.333 e. The second kappa shape index (κ2) is 5.93. The van der Waals surface area contributed by atoms with E-state index in [1.54, 1.807) is 18.2 Å². The highest BCUT2D eigenvalue weighted by atomic mass is 35.5. The first-order valence-corrected chi connectivity index (χ1v) is 6.53. The molecule has 0 unspecified atom stereocenters. The lowest BCUT2D eigenvalue weighted by molar-refractivity contribution is -0.157. The van der Waals surface area contributed by atoms with E-state index in [1.165, 1.54) is 6.07 Å². The van der Waals surface area contributed by atoms with Gasteiger partial charge < -0.3 is 10.2 Å². The summed E-state index contributed by atoms with van der Waals surface area (Å²) >= 11 is 5.77. The number of amides is 2. The molecule has 1 fully saturated rings. The standard InChI is InChI=1S/C13H12ClF3N2O2/c14-9-2-1-3-10(5-9)18-12(21)8-4-11(20)19(6-8)7-13(15,16)17/h1-3,5,8H,4,6-7H2,(H,18,21)/t8-/m0/s1. The Kier molecular flexibility index (Phi) is 4.41. The van der Waals surface area contributed by atoms with Crippen LogP contribution in [-0.4, -0.2) is 36.0 Å². The first-order valence-electron chi connectivity index (χ1n) is 6.15. The molecule has 1 N–H and O–H groups in total. The average Bonchev–Trinajstić information content (AvgIpc) is 2.69. The van der Waals surface area contributed by atoms with Gasteiger partial charge in [0.1, 0.15) is 6.54 Å². The Hall–Kier alpha value is -1.76. The number of rotatable bonds is 3. The number of nitrogens with one attached hydrogen (secondary N) is 1. The Morgan fingerprint density at radius 1 is 1.43 bits per heavy atom. The molecule has 2 amide bonds. The number of anilines is 1. The summed E-state index contributed by atoms with van der Waals surface area (Å²) < 4.78 is 36.9. The van der Waals surface area contributed by atoms with Crippen LogP contribution in [0.15, 0.2) is 24.3 Å². The van der Waals surface area contributed by atoms with Crippen molar-refractivity contribution < 1.29 is 22.8 Å². The fourth-order valence-electron chi connectivity index (χ4n) is 2.13. The van der Waals surface area contributed by atoms with Crippen LogP contribution in [0.5, 0.6) is 0 Å². The molecule has 1 saturated heterocycles. The van der Waals surface area contributed by atoms with E-state index in [0.717, 1.165) is 0 Å². The Balaban J connectivity index is 1.97. The molecule has 0 radical (unpaired) electrons. The Morgan fingerprint density at radius 3 is 2.76 bits per heavy atom. The normalized spacial score (nSPS) is 19.0. The summed E-state index contributed by atoms with van der Waals surface area (Å²) in [6.45, 7) is -1.56. The maximum Gasteiger partial charge on any atom is 0.406 e. The molecular formula is C13H12ClF3N2O2. The van der Waals surface area contributed by atoms with Crippen LogP contribution in [0.1, 0.15) is 6.42 Å². The Morgan fingerprint density at radius 2 is 2.14 bits per heavy atom. The number of hydrogen-bond acceptors (Lipinski definition) is 2. The van der Waals surface area contributed by atoms with Crippen molar-refractivity contribution >= 4 is 29.1 Å². The predicted molar refractivity (Wildman–Crippen MR) is 70.8 cm³/mol. The van der Waals surface area contributed by atoms with Gasteiger partial charge in [0.15, 0.2) is 0 Å². The van der Waals surface area contributed by atoms with Gasteiger partial charge in [-0.2, -0.15) is 13.2 Å². The second-order valence-corrected chi connectivity index (χ2v) is 5.23. The number of hydrogen-bond donors (Lipinski definition) is 1. The molecule has 4 nitrogen and oxygen atoms in total. The van der Waals surface area contributed by atoms with Gasteiger partial charge >= 0.3 is 6.18 Å². The third-order valence-corrected chi connectivity index (χ3v) is 3.28. The first-order chi connectivity index (χ1) is 9.74. The molecule has 1 heterocycles. The first kappa shape index (κ1) is 15.6. The molecule has 0 bridgehead atoms. The third-order valence-electron chi connectivity index (χ3n) is 3.05. The van der Waals surface area contributed by atoms with E-state index in [4.69, 9.17) is 11.6 Å². The molecule has 1 aliphatic heterocycles. The van der Waals surface area contributed by atoms with Crippen LogP contribution in [-0.2, 0) is 9.59 Å². The topological polar surface area (TPSA) is 49.4 Å². The van der Waals surface area contributed by atoms with Crippen LogP contribution in [0.25, 0.3) is 0 Å². The Labute approximate surface area is 123 Å². The number of carbonyl (C=O) groups is 2. The molecule has 0 saturated carbocycles. The fourth-order valence-corrected chi connectivity index (χ4v) is 2.32. The average molecular weight is 321 g/mol. The lowest BCUT2D eigenvalue weighted by Crippen LogP contribution is -2.36. The highest BCUT2D eigenvalue weighted by Crippen LogP contribution is 2.25. The molecule has 1 aliphatic rings. The lowest BCUT2D eigenvalue weighted by Gasteiger charge is -2.18. The van der Waals surface area contributed by atoms with E-state index in [9.17, 15) is 22.8 Å². The summed E-state index contributed by atoms with van der Waals surface area (Å²) in [6, 6.07) is 6.38. The van der Waals surface area contributed by atoms with Crippen LogP contribution < -0.4 is 5.32 Å². The molecule has 1 atom stereocenters. The van der Waals surface area contributed by atoms with Gasteiger partial charge in [0, 0.05) is 23.7 Å². The number of benzene rings is 1. The second-order valence-electron chi connectivity index (χ2n) is 4.79. The maximum atomic E-state index is 12.3. The van der Waals surface area contributed by atoms with Gasteiger partial charge in [0.05, 0.1) is 5.92 Å². The van der Waals surface area contributed by atoms with E-state index in [-0.39, 0.29) is 13.0 Å². The van der Waals surface area contributed by atoms with Crippen molar-refractivity contribution in [3.8, 4) is 0 Å². The van der Waals surface area contributed by atoms with Crippen LogP contribution in [0.2, 0.25) is 5.02 Å². The minimum atomic E-state index is -4.46. The maximum absolute atomic E-state index is 12.3. The van der Waals surface area contributed by atoms with Crippen molar-refractivity contribution in [1.82, 2.24) is 4.90 Å². The molecule has 0 aliphatic carbocycles. The minimum Gasteiger partial charge on any atom is -0.333 e. The highest BCUT2D eigenvalue weighted by molar-refractivity contribution is 6.30. The monoisotopic (exact) mass is 320 g/mol. The van der Waals surface area contributed by atoms with Gasteiger partial charge in [0.2, 0.25) is 11.8 Å². The molecule has 0 spiro atoms. The van der Waals surface area contributed by atoms with Gasteiger partial charge in [-0.05, 0) is 18.2 Å². The number of carbonyl (C=O) groups excluding carboxylic acids is 2. The van der Waals surface area contributed by atoms with Crippen LogP contribution in [0, 0.1) is 5.92 Å². The van der Waals surface area contributed by atoms with Crippen molar-refractivity contribution in [2.45, 2.75) is 12.6 Å². The number of nitrogens with zero attached hydrogens (tertiary/aromatic N) is 1. The van der Waals surface area contributed by atoms with E-state index in [1.807, 2.05) is 0 Å². The summed E-state index contributed by atoms with van der Waals surface area (Å²) in [4.78, 5) is 24.1. The zero-order valence-electron chi connectivity index (χ0n) is 10.8. The van der Waals surface area contributed by atoms with E-state index in [0.29, 0.717) is 15.6 Å². The largest absolute Gasteiger partial charge is 0.406 e. The van der Waals surface area contributed by atoms with Gasteiger partial charge in [-0.15, -0.1) is 0 Å². The highest BCUT2D eigenvalue weighted by Gasteiger charge is 2.40. The third kappa shape index (κ3) is 4.35. The van der Waals surface area contributed by atoms with Crippen LogP contribution in [0.4, 0.5) is 18.9 Å². The van der Waals surface area contributed by atoms with E-state index >= 15 is 0 Å². The molecule has 1 aromatic carbocycles. The molecular weight excluding hydrogens is 309 g/mol. The quantitative estimate of drug-likeness (QED) is 0.931. The fraction of sp³-hybridized carbons (Fsp3) is 0.385. The zero-order valence-corrected chi connectivity index (χ0v) is 11.5. The van der Waals surface area contributed by atoms with Gasteiger partial charge in [-0.3, -0.25) is 9.59 Å². The molecule has 21 heavy (non-hydrogen) atoms. The molecule has 1 aromatic rings. The summed E-state index contributed by atoms with van der Waals surface area (Å²) in [5.41, 5.74) is 0.439. The van der Waals surface area contributed by atoms with Crippen molar-refractivity contribution in [1.29, 1.82) is 0 Å². The molecule has 0 aromatic heterocycles. The van der Waals surface area contributed by atoms with Crippen LogP contribution in [0.3, 0.4) is 0 Å².